The molecule has 0 saturated heterocycles. The Morgan fingerprint density at radius 3 is 2.66 bits per heavy atom. The fourth-order valence-electron chi connectivity index (χ4n) is 4.95. The van der Waals surface area contributed by atoms with Crippen LogP contribution in [0.4, 0.5) is 8.78 Å². The van der Waals surface area contributed by atoms with Crippen LogP contribution < -0.4 is 10.1 Å². The molecule has 0 aliphatic rings. The van der Waals surface area contributed by atoms with Gasteiger partial charge in [0, 0.05) is 44.1 Å². The fraction of sp³-hybridized carbons (Fsp3) is 0.156. The van der Waals surface area contributed by atoms with Gasteiger partial charge in [0.25, 0.3) is 0 Å². The third-order valence-electron chi connectivity index (χ3n) is 7.03. The lowest BCUT2D eigenvalue weighted by Gasteiger charge is -2.18. The van der Waals surface area contributed by atoms with E-state index in [9.17, 15) is 14.3 Å². The third-order valence-corrected chi connectivity index (χ3v) is 7.96. The number of ether oxygens (including phenoxy) is 1. The molecule has 2 aromatic carbocycles. The number of pyridine rings is 1. The summed E-state index contributed by atoms with van der Waals surface area (Å²) >= 11 is 1.37. The van der Waals surface area contributed by atoms with Crippen molar-refractivity contribution in [1.29, 1.82) is 0 Å². The van der Waals surface area contributed by atoms with Crippen molar-refractivity contribution in [1.82, 2.24) is 30.7 Å². The van der Waals surface area contributed by atoms with Crippen molar-refractivity contribution in [3.05, 3.63) is 90.2 Å². The zero-order chi connectivity index (χ0) is 31.0. The van der Waals surface area contributed by atoms with Crippen LogP contribution in [-0.2, 0) is 4.79 Å². The second-order valence-electron chi connectivity index (χ2n) is 10.2. The molecule has 222 valence electrons. The average Bonchev–Trinajstić information content (AvgIpc) is 3.70. The second-order valence-corrected chi connectivity index (χ2v) is 11.2. The van der Waals surface area contributed by atoms with Crippen LogP contribution in [0.25, 0.3) is 54.6 Å². The molecule has 3 N–H and O–H groups in total. The first-order valence-corrected chi connectivity index (χ1v) is 14.5. The number of benzene rings is 2. The van der Waals surface area contributed by atoms with Crippen molar-refractivity contribution in [3.63, 3.8) is 0 Å². The van der Waals surface area contributed by atoms with Crippen molar-refractivity contribution in [2.75, 3.05) is 6.61 Å². The summed E-state index contributed by atoms with van der Waals surface area (Å²) in [5, 5.41) is 32.4. The molecular weight excluding hydrogens is 586 g/mol. The molecule has 0 saturated carbocycles. The van der Waals surface area contributed by atoms with Gasteiger partial charge in [0.05, 0.1) is 41.5 Å². The summed E-state index contributed by atoms with van der Waals surface area (Å²) in [6.07, 6.45) is 3.63. The molecule has 0 bridgehead atoms. The largest absolute Gasteiger partial charge is 0.490 e. The number of carbonyl (C=O) groups is 1. The van der Waals surface area contributed by atoms with Gasteiger partial charge in [0.1, 0.15) is 35.4 Å². The second kappa shape index (κ2) is 11.9. The van der Waals surface area contributed by atoms with E-state index in [1.54, 1.807) is 25.4 Å². The summed E-state index contributed by atoms with van der Waals surface area (Å²) in [7, 11) is 0. The van der Waals surface area contributed by atoms with Gasteiger partial charge in [0.2, 0.25) is 5.91 Å². The third kappa shape index (κ3) is 5.52. The fourth-order valence-corrected chi connectivity index (χ4v) is 5.90. The minimum Gasteiger partial charge on any atom is -0.490 e. The standard InChI is InChI=1S/C32H26F2N6O3S/c1-4-27(42)37-17(3)24-12-25(40-39-24)31-29(28-23(34)10-21(33)11-26(28)43-15-16(2)41)32-22(7-8-44-32)30(38-31)18-5-6-19-13-35-36-14-20(19)9-18/h4-14,16-17,41H,1,15H2,2-3H3,(H,37,42)(H,39,40)/t16-,17+/m1/s1. The van der Waals surface area contributed by atoms with E-state index in [0.717, 1.165) is 33.9 Å². The van der Waals surface area contributed by atoms with E-state index in [1.165, 1.54) is 24.3 Å². The zero-order valence-electron chi connectivity index (χ0n) is 23.6. The van der Waals surface area contributed by atoms with Gasteiger partial charge in [-0.1, -0.05) is 18.7 Å². The van der Waals surface area contributed by atoms with E-state index in [0.29, 0.717) is 33.0 Å². The van der Waals surface area contributed by atoms with Crippen LogP contribution in [0.3, 0.4) is 0 Å². The highest BCUT2D eigenvalue weighted by molar-refractivity contribution is 7.18. The molecule has 0 fully saturated rings. The van der Waals surface area contributed by atoms with E-state index in [2.05, 4.69) is 32.3 Å². The van der Waals surface area contributed by atoms with Crippen molar-refractivity contribution in [3.8, 4) is 39.5 Å². The maximum atomic E-state index is 15.9. The number of thiophene rings is 1. The monoisotopic (exact) mass is 612 g/mol. The van der Waals surface area contributed by atoms with E-state index in [4.69, 9.17) is 9.72 Å². The number of aromatic amines is 1. The summed E-state index contributed by atoms with van der Waals surface area (Å²) in [5.41, 5.74) is 2.98. The van der Waals surface area contributed by atoms with Crippen molar-refractivity contribution in [2.24, 2.45) is 0 Å². The Labute approximate surface area is 254 Å². The lowest BCUT2D eigenvalue weighted by molar-refractivity contribution is -0.117. The Balaban J connectivity index is 1.63. The molecule has 0 radical (unpaired) electrons. The van der Waals surface area contributed by atoms with Crippen molar-refractivity contribution < 1.29 is 23.4 Å². The summed E-state index contributed by atoms with van der Waals surface area (Å²) in [4.78, 5) is 17.0. The quantitative estimate of drug-likeness (QED) is 0.162. The number of rotatable bonds is 9. The zero-order valence-corrected chi connectivity index (χ0v) is 24.5. The number of aliphatic hydroxyl groups is 1. The minimum absolute atomic E-state index is 0.0140. The van der Waals surface area contributed by atoms with E-state index < -0.39 is 23.8 Å². The van der Waals surface area contributed by atoms with Gasteiger partial charge in [-0.05, 0) is 43.5 Å². The number of nitrogens with zero attached hydrogens (tertiary/aromatic N) is 4. The van der Waals surface area contributed by atoms with Gasteiger partial charge in [-0.3, -0.25) is 9.89 Å². The summed E-state index contributed by atoms with van der Waals surface area (Å²) < 4.78 is 36.8. The van der Waals surface area contributed by atoms with Gasteiger partial charge >= 0.3 is 0 Å². The average molecular weight is 613 g/mol. The highest BCUT2D eigenvalue weighted by atomic mass is 32.1. The number of nitrogens with one attached hydrogen (secondary N) is 2. The predicted molar refractivity (Wildman–Crippen MR) is 165 cm³/mol. The maximum Gasteiger partial charge on any atom is 0.243 e. The van der Waals surface area contributed by atoms with Crippen molar-refractivity contribution in [2.45, 2.75) is 26.0 Å². The predicted octanol–water partition coefficient (Wildman–Crippen LogP) is 6.36. The minimum atomic E-state index is -0.880. The first kappa shape index (κ1) is 29.0. The summed E-state index contributed by atoms with van der Waals surface area (Å²) in [6.45, 7) is 6.60. The number of aromatic nitrogens is 5. The lowest BCUT2D eigenvalue weighted by Crippen LogP contribution is -2.24. The number of carbonyl (C=O) groups excluding carboxylic acids is 1. The highest BCUT2D eigenvalue weighted by Crippen LogP contribution is 2.47. The summed E-state index contributed by atoms with van der Waals surface area (Å²) in [5.74, 6) is -2.12. The Hall–Kier alpha value is -5.07. The van der Waals surface area contributed by atoms with E-state index in [-0.39, 0.29) is 23.8 Å². The lowest BCUT2D eigenvalue weighted by atomic mass is 9.96. The molecule has 6 rings (SSSR count). The van der Waals surface area contributed by atoms with Gasteiger partial charge in [-0.25, -0.2) is 13.8 Å². The molecule has 9 nitrogen and oxygen atoms in total. The highest BCUT2D eigenvalue weighted by Gasteiger charge is 2.27. The Kier molecular flexibility index (Phi) is 7.85. The Bertz CT molecular complexity index is 2040. The molecule has 44 heavy (non-hydrogen) atoms. The Morgan fingerprint density at radius 1 is 1.09 bits per heavy atom. The molecule has 0 aliphatic carbocycles. The molecule has 0 spiro atoms. The van der Waals surface area contributed by atoms with Crippen molar-refractivity contribution >= 4 is 38.1 Å². The molecule has 4 heterocycles. The van der Waals surface area contributed by atoms with Crippen LogP contribution in [0.1, 0.15) is 25.6 Å². The van der Waals surface area contributed by atoms with Gasteiger partial charge < -0.3 is 15.2 Å². The van der Waals surface area contributed by atoms with Gasteiger partial charge in [0.15, 0.2) is 0 Å². The number of amides is 1. The number of H-pyrrole nitrogens is 1. The number of halogens is 2. The van der Waals surface area contributed by atoms with Gasteiger partial charge in [-0.2, -0.15) is 15.3 Å². The van der Waals surface area contributed by atoms with Crippen LogP contribution in [0.5, 0.6) is 5.75 Å². The molecule has 4 aromatic heterocycles. The van der Waals surface area contributed by atoms with Crippen LogP contribution in [-0.4, -0.2) is 49.1 Å². The molecule has 6 aromatic rings. The number of hydrogen-bond donors (Lipinski definition) is 3. The van der Waals surface area contributed by atoms with Crippen LogP contribution >= 0.6 is 11.3 Å². The SMILES string of the molecule is C=CC(=O)N[C@@H](C)c1cc(-c2nc(-c3ccc4cnncc4c3)c3ccsc3c2-c2c(F)cc(F)cc2OC[C@@H](C)O)n[nH]1. The molecule has 0 aliphatic heterocycles. The maximum absolute atomic E-state index is 15.9. The van der Waals surface area contributed by atoms with Gasteiger partial charge in [-0.15, -0.1) is 11.3 Å². The topological polar surface area (TPSA) is 126 Å². The molecule has 12 heteroatoms. The molecule has 2 atom stereocenters. The van der Waals surface area contributed by atoms with Crippen LogP contribution in [0.15, 0.2) is 72.9 Å². The molecular formula is C32H26F2N6O3S. The molecule has 0 unspecified atom stereocenters. The first-order chi connectivity index (χ1) is 21.2. The number of aliphatic hydroxyl groups excluding tert-OH is 1. The number of fused-ring (bicyclic) bond motifs is 2. The van der Waals surface area contributed by atoms with E-state index in [1.807, 2.05) is 29.6 Å². The van der Waals surface area contributed by atoms with E-state index >= 15 is 4.39 Å². The summed E-state index contributed by atoms with van der Waals surface area (Å²) in [6, 6.07) is 10.8. The first-order valence-electron chi connectivity index (χ1n) is 13.6. The number of hydrogen-bond acceptors (Lipinski definition) is 8. The normalized spacial score (nSPS) is 12.8. The molecule has 1 amide bonds. The smallest absolute Gasteiger partial charge is 0.243 e. The van der Waals surface area contributed by atoms with Crippen LogP contribution in [0, 0.1) is 11.6 Å². The Morgan fingerprint density at radius 2 is 1.89 bits per heavy atom. The van der Waals surface area contributed by atoms with Crippen LogP contribution in [0.2, 0.25) is 0 Å².